The van der Waals surface area contributed by atoms with E-state index in [1.165, 1.54) is 14.2 Å². The number of carboxylic acid groups (broad SMARTS) is 1. The molecule has 35 heavy (non-hydrogen) atoms. The van der Waals surface area contributed by atoms with Crippen LogP contribution in [-0.2, 0) is 14.4 Å². The Labute approximate surface area is 207 Å². The van der Waals surface area contributed by atoms with Gasteiger partial charge in [-0.15, -0.1) is 11.8 Å². The number of thiazole rings is 1. The summed E-state index contributed by atoms with van der Waals surface area (Å²) in [6.07, 6.45) is 0.693. The number of likely N-dealkylation sites (tertiary alicyclic amines) is 1. The third-order valence-corrected chi connectivity index (χ3v) is 10.6. The van der Waals surface area contributed by atoms with E-state index in [-0.39, 0.29) is 51.0 Å². The summed E-state index contributed by atoms with van der Waals surface area (Å²) in [5.41, 5.74) is 0.784. The number of aromatic amines is 1. The number of benzene rings is 1. The number of phenols is 1. The molecule has 2 bridgehead atoms. The zero-order chi connectivity index (χ0) is 24.8. The van der Waals surface area contributed by atoms with E-state index in [1.807, 2.05) is 0 Å². The van der Waals surface area contributed by atoms with E-state index in [0.29, 0.717) is 6.42 Å². The van der Waals surface area contributed by atoms with E-state index in [1.54, 1.807) is 23.9 Å². The Morgan fingerprint density at radius 1 is 1.11 bits per heavy atom. The molecular formula is C23H22N2O8S2. The first-order valence-corrected chi connectivity index (χ1v) is 12.9. The third-order valence-electron chi connectivity index (χ3n) is 7.97. The normalized spacial score (nSPS) is 32.4. The van der Waals surface area contributed by atoms with E-state index in [9.17, 15) is 29.4 Å². The summed E-state index contributed by atoms with van der Waals surface area (Å²) in [4.78, 5) is 54.5. The Bertz CT molecular complexity index is 1310. The van der Waals surface area contributed by atoms with Crippen molar-refractivity contribution in [2.45, 2.75) is 22.6 Å². The number of H-pyrrole nitrogens is 1. The lowest BCUT2D eigenvalue weighted by Crippen LogP contribution is -2.42. The molecule has 2 aromatic rings. The number of carbonyl (C=O) groups excluding carboxylic acids is 2. The summed E-state index contributed by atoms with van der Waals surface area (Å²) in [7, 11) is 2.89. The van der Waals surface area contributed by atoms with E-state index in [2.05, 4.69) is 4.98 Å². The number of aliphatic carboxylic acids is 1. The van der Waals surface area contributed by atoms with Crippen molar-refractivity contribution in [2.24, 2.45) is 29.6 Å². The fraction of sp³-hybridized carbons (Fsp3) is 0.478. The second-order valence-corrected chi connectivity index (χ2v) is 11.6. The lowest BCUT2D eigenvalue weighted by molar-refractivity contribution is -0.149. The number of imide groups is 1. The van der Waals surface area contributed by atoms with Gasteiger partial charge in [-0.3, -0.25) is 24.1 Å². The molecule has 0 unspecified atom stereocenters. The van der Waals surface area contributed by atoms with Gasteiger partial charge >= 0.3 is 10.8 Å². The van der Waals surface area contributed by atoms with Crippen LogP contribution in [0.4, 0.5) is 0 Å². The molecule has 7 atom stereocenters. The number of phenolic OH excluding ortho intramolecular Hbond substituents is 1. The maximum atomic E-state index is 13.2. The number of rotatable bonds is 5. The van der Waals surface area contributed by atoms with Crippen LogP contribution in [0.1, 0.15) is 22.8 Å². The predicted octanol–water partition coefficient (Wildman–Crippen LogP) is 1.72. The summed E-state index contributed by atoms with van der Waals surface area (Å²) in [5.74, 6) is -3.36. The predicted molar refractivity (Wildman–Crippen MR) is 124 cm³/mol. The maximum absolute atomic E-state index is 13.2. The Kier molecular flexibility index (Phi) is 4.98. The first-order chi connectivity index (χ1) is 16.7. The van der Waals surface area contributed by atoms with Gasteiger partial charge in [-0.2, -0.15) is 0 Å². The number of ether oxygens (including phenoxy) is 2. The minimum Gasteiger partial charge on any atom is -0.502 e. The highest BCUT2D eigenvalue weighted by Crippen LogP contribution is 2.68. The number of methoxy groups -OCH3 is 2. The fourth-order valence-electron chi connectivity index (χ4n) is 6.84. The van der Waals surface area contributed by atoms with Crippen molar-refractivity contribution in [3.8, 4) is 17.2 Å². The van der Waals surface area contributed by atoms with Gasteiger partial charge in [0.1, 0.15) is 6.54 Å². The maximum Gasteiger partial charge on any atom is 0.323 e. The zero-order valence-corrected chi connectivity index (χ0v) is 20.4. The number of amides is 2. The average molecular weight is 519 g/mol. The number of fused-ring (bicyclic) bond motifs is 9. The lowest BCUT2D eigenvalue weighted by atomic mass is 9.68. The number of aromatic nitrogens is 1. The molecule has 6 rings (SSSR count). The van der Waals surface area contributed by atoms with Crippen LogP contribution in [0.5, 0.6) is 17.2 Å². The van der Waals surface area contributed by atoms with Gasteiger partial charge in [-0.05, 0) is 41.9 Å². The quantitative estimate of drug-likeness (QED) is 0.504. The first kappa shape index (κ1) is 22.5. The van der Waals surface area contributed by atoms with Crippen LogP contribution in [0.2, 0.25) is 0 Å². The van der Waals surface area contributed by atoms with Crippen molar-refractivity contribution < 1.29 is 34.1 Å². The molecule has 2 saturated carbocycles. The van der Waals surface area contributed by atoms with Crippen molar-refractivity contribution in [3.05, 3.63) is 32.2 Å². The van der Waals surface area contributed by atoms with Crippen LogP contribution < -0.4 is 14.3 Å². The number of carbonyl (C=O) groups is 3. The topological polar surface area (TPSA) is 146 Å². The molecule has 10 nitrogen and oxygen atoms in total. The standard InChI is InChI=1S/C23H22N2O8S2/c1-32-10-3-7(4-11(33-2)17(10)28)13-14-8-5-9(18(14)34-20-19(13)35-23(31)24-20)16-15(8)21(29)25(22(16)30)6-12(26)27/h3-4,8-9,13-16,18,28H,5-6H2,1-2H3,(H,24,31)(H,26,27)/t8-,9+,13+,14-,15+,16+,18-/m1/s1. The van der Waals surface area contributed by atoms with E-state index >= 15 is 0 Å². The number of thioether (sulfide) groups is 1. The molecular weight excluding hydrogens is 496 g/mol. The Morgan fingerprint density at radius 2 is 1.74 bits per heavy atom. The number of nitrogens with zero attached hydrogens (tertiary/aromatic N) is 1. The van der Waals surface area contributed by atoms with Crippen molar-refractivity contribution >= 4 is 40.9 Å². The summed E-state index contributed by atoms with van der Waals surface area (Å²) >= 11 is 2.66. The van der Waals surface area contributed by atoms with Gasteiger partial charge in [0.05, 0.1) is 31.1 Å². The molecule has 0 radical (unpaired) electrons. The molecule has 2 amide bonds. The number of hydrogen-bond acceptors (Lipinski definition) is 9. The molecule has 3 heterocycles. The molecule has 4 aliphatic rings. The summed E-state index contributed by atoms with van der Waals surface area (Å²) < 4.78 is 10.7. The Morgan fingerprint density at radius 3 is 2.34 bits per heavy atom. The van der Waals surface area contributed by atoms with Gasteiger partial charge < -0.3 is 24.7 Å². The average Bonchev–Trinajstić information content (AvgIpc) is 3.55. The minimum atomic E-state index is -1.22. The van der Waals surface area contributed by atoms with Crippen LogP contribution in [0, 0.1) is 29.6 Å². The van der Waals surface area contributed by atoms with E-state index < -0.39 is 36.2 Å². The lowest BCUT2D eigenvalue weighted by Gasteiger charge is -2.43. The van der Waals surface area contributed by atoms with Gasteiger partial charge in [-0.1, -0.05) is 11.3 Å². The van der Waals surface area contributed by atoms with Crippen molar-refractivity contribution in [2.75, 3.05) is 20.8 Å². The van der Waals surface area contributed by atoms with Crippen LogP contribution >= 0.6 is 23.1 Å². The highest BCUT2D eigenvalue weighted by molar-refractivity contribution is 8.00. The van der Waals surface area contributed by atoms with Crippen LogP contribution in [0.3, 0.4) is 0 Å². The second-order valence-electron chi connectivity index (χ2n) is 9.39. The van der Waals surface area contributed by atoms with Crippen LogP contribution in [0.15, 0.2) is 22.0 Å². The highest BCUT2D eigenvalue weighted by Gasteiger charge is 2.69. The Balaban J connectivity index is 1.48. The first-order valence-electron chi connectivity index (χ1n) is 11.2. The number of hydrogen-bond donors (Lipinski definition) is 3. The van der Waals surface area contributed by atoms with Gasteiger partial charge in [-0.25, -0.2) is 0 Å². The van der Waals surface area contributed by atoms with Gasteiger partial charge in [0, 0.05) is 16.0 Å². The molecule has 0 spiro atoms. The summed E-state index contributed by atoms with van der Waals surface area (Å²) in [6, 6.07) is 3.46. The van der Waals surface area contributed by atoms with E-state index in [0.717, 1.165) is 31.7 Å². The van der Waals surface area contributed by atoms with Gasteiger partial charge in [0.15, 0.2) is 11.5 Å². The van der Waals surface area contributed by atoms with Crippen molar-refractivity contribution in [1.29, 1.82) is 0 Å². The smallest absolute Gasteiger partial charge is 0.323 e. The molecule has 3 N–H and O–H groups in total. The SMILES string of the molecule is COc1cc([C@@H]2c3sc(=O)[nH]c3S[C@@H]3[C@H]4C[C@@H]([C@@H]5C(=O)N(CC(=O)O)C(=O)[C@@H]45)[C@H]23)cc(OC)c1O. The van der Waals surface area contributed by atoms with Crippen LogP contribution in [-0.4, -0.2) is 63.9 Å². The highest BCUT2D eigenvalue weighted by atomic mass is 32.2. The zero-order valence-electron chi connectivity index (χ0n) is 18.7. The molecule has 3 fully saturated rings. The third kappa shape index (κ3) is 3.02. The number of nitrogens with one attached hydrogen (secondary N) is 1. The van der Waals surface area contributed by atoms with Crippen molar-refractivity contribution in [3.63, 3.8) is 0 Å². The summed E-state index contributed by atoms with van der Waals surface area (Å²) in [5, 5.41) is 20.4. The molecule has 1 saturated heterocycles. The van der Waals surface area contributed by atoms with Crippen molar-refractivity contribution in [1.82, 2.24) is 9.88 Å². The fourth-order valence-corrected chi connectivity index (χ4v) is 9.73. The second kappa shape index (κ2) is 7.76. The molecule has 184 valence electrons. The van der Waals surface area contributed by atoms with Gasteiger partial charge in [0.2, 0.25) is 17.6 Å². The number of aromatic hydroxyl groups is 1. The molecule has 12 heteroatoms. The monoisotopic (exact) mass is 518 g/mol. The Hall–Kier alpha value is -2.99. The molecule has 2 aliphatic heterocycles. The molecule has 1 aromatic heterocycles. The molecule has 1 aromatic carbocycles. The minimum absolute atomic E-state index is 0.0312. The number of carboxylic acids is 1. The van der Waals surface area contributed by atoms with E-state index in [4.69, 9.17) is 9.47 Å². The summed E-state index contributed by atoms with van der Waals surface area (Å²) in [6.45, 7) is -0.622. The molecule has 2 aliphatic carbocycles. The largest absolute Gasteiger partial charge is 0.502 e. The van der Waals surface area contributed by atoms with Gasteiger partial charge in [0.25, 0.3) is 0 Å². The van der Waals surface area contributed by atoms with Crippen LogP contribution in [0.25, 0.3) is 0 Å².